The van der Waals surface area contributed by atoms with Crippen molar-refractivity contribution in [2.75, 3.05) is 25.2 Å². The highest BCUT2D eigenvalue weighted by Gasteiger charge is 2.08. The van der Waals surface area contributed by atoms with E-state index in [4.69, 9.17) is 0 Å². The minimum absolute atomic E-state index is 0.00198. The van der Waals surface area contributed by atoms with Gasteiger partial charge in [-0.3, -0.25) is 9.69 Å². The summed E-state index contributed by atoms with van der Waals surface area (Å²) in [5, 5.41) is 2.94. The summed E-state index contributed by atoms with van der Waals surface area (Å²) in [6.45, 7) is 1.10. The van der Waals surface area contributed by atoms with Crippen LogP contribution in [0.3, 0.4) is 0 Å². The molecular formula is C17H19BrN2OS. The highest BCUT2D eigenvalue weighted by molar-refractivity contribution is 9.10. The number of benzene rings is 2. The number of anilines is 1. The van der Waals surface area contributed by atoms with Gasteiger partial charge in [0.15, 0.2) is 0 Å². The van der Waals surface area contributed by atoms with Crippen LogP contribution in [0.4, 0.5) is 5.69 Å². The van der Waals surface area contributed by atoms with Crippen molar-refractivity contribution in [3.05, 3.63) is 58.6 Å². The number of amides is 1. The van der Waals surface area contributed by atoms with Crippen molar-refractivity contribution in [2.45, 2.75) is 11.4 Å². The Morgan fingerprint density at radius 3 is 2.64 bits per heavy atom. The molecule has 0 aliphatic heterocycles. The Bertz CT molecular complexity index is 631. The summed E-state index contributed by atoms with van der Waals surface area (Å²) in [5.74, 6) is -0.00198. The average Bonchev–Trinajstić information content (AvgIpc) is 2.49. The predicted octanol–water partition coefficient (Wildman–Crippen LogP) is 4.24. The zero-order chi connectivity index (χ0) is 15.9. The Hall–Kier alpha value is -1.30. The van der Waals surface area contributed by atoms with Crippen LogP contribution in [-0.2, 0) is 11.3 Å². The van der Waals surface area contributed by atoms with Crippen molar-refractivity contribution in [1.82, 2.24) is 4.90 Å². The number of carbonyl (C=O) groups is 1. The third-order valence-corrected chi connectivity index (χ3v) is 4.39. The van der Waals surface area contributed by atoms with Crippen LogP contribution in [0.15, 0.2) is 57.9 Å². The van der Waals surface area contributed by atoms with Gasteiger partial charge in [0, 0.05) is 21.6 Å². The van der Waals surface area contributed by atoms with E-state index in [-0.39, 0.29) is 5.91 Å². The molecule has 2 aromatic rings. The van der Waals surface area contributed by atoms with Crippen molar-refractivity contribution >= 4 is 39.3 Å². The first kappa shape index (κ1) is 17.1. The van der Waals surface area contributed by atoms with Gasteiger partial charge in [0.1, 0.15) is 0 Å². The topological polar surface area (TPSA) is 32.3 Å². The first-order valence-electron chi connectivity index (χ1n) is 6.93. The molecule has 1 N–H and O–H groups in total. The summed E-state index contributed by atoms with van der Waals surface area (Å²) in [7, 11) is 1.94. The van der Waals surface area contributed by atoms with E-state index in [9.17, 15) is 4.79 Å². The maximum Gasteiger partial charge on any atom is 0.238 e. The van der Waals surface area contributed by atoms with Crippen molar-refractivity contribution in [2.24, 2.45) is 0 Å². The summed E-state index contributed by atoms with van der Waals surface area (Å²) in [6, 6.07) is 16.0. The molecule has 0 unspecified atom stereocenters. The Labute approximate surface area is 144 Å². The molecule has 0 aliphatic carbocycles. The minimum atomic E-state index is -0.00198. The van der Waals surface area contributed by atoms with Crippen LogP contribution in [0.2, 0.25) is 0 Å². The van der Waals surface area contributed by atoms with Gasteiger partial charge < -0.3 is 5.32 Å². The molecule has 0 bridgehead atoms. The van der Waals surface area contributed by atoms with Gasteiger partial charge in [-0.2, -0.15) is 0 Å². The molecule has 0 fully saturated rings. The predicted molar refractivity (Wildman–Crippen MR) is 97.3 cm³/mol. The van der Waals surface area contributed by atoms with Crippen LogP contribution >= 0.6 is 27.7 Å². The lowest BCUT2D eigenvalue weighted by Crippen LogP contribution is -2.29. The first-order valence-corrected chi connectivity index (χ1v) is 8.95. The van der Waals surface area contributed by atoms with Gasteiger partial charge in [-0.1, -0.05) is 34.1 Å². The van der Waals surface area contributed by atoms with Gasteiger partial charge in [0.05, 0.1) is 6.54 Å². The molecule has 3 nitrogen and oxygen atoms in total. The third kappa shape index (κ3) is 5.48. The molecule has 1 amide bonds. The molecule has 116 valence electrons. The second-order valence-corrected chi connectivity index (χ2v) is 6.87. The standard InChI is InChI=1S/C17H19BrN2OS/c1-20(11-13-6-8-14(18)9-7-13)12-17(21)19-15-4-3-5-16(10-15)22-2/h3-10H,11-12H2,1-2H3,(H,19,21). The monoisotopic (exact) mass is 378 g/mol. The summed E-state index contributed by atoms with van der Waals surface area (Å²) < 4.78 is 1.06. The van der Waals surface area contributed by atoms with Crippen LogP contribution in [0.1, 0.15) is 5.56 Å². The number of halogens is 1. The number of hydrogen-bond donors (Lipinski definition) is 1. The Balaban J connectivity index is 1.86. The van der Waals surface area contributed by atoms with E-state index in [2.05, 4.69) is 33.4 Å². The van der Waals surface area contributed by atoms with E-state index in [0.29, 0.717) is 6.54 Å². The zero-order valence-electron chi connectivity index (χ0n) is 12.7. The smallest absolute Gasteiger partial charge is 0.238 e. The number of likely N-dealkylation sites (N-methyl/N-ethyl adjacent to an activating group) is 1. The van der Waals surface area contributed by atoms with E-state index in [1.54, 1.807) is 11.8 Å². The largest absolute Gasteiger partial charge is 0.325 e. The Morgan fingerprint density at radius 1 is 1.23 bits per heavy atom. The third-order valence-electron chi connectivity index (χ3n) is 3.13. The van der Waals surface area contributed by atoms with E-state index < -0.39 is 0 Å². The van der Waals surface area contributed by atoms with Crippen LogP contribution in [-0.4, -0.2) is 30.7 Å². The molecule has 0 radical (unpaired) electrons. The van der Waals surface area contributed by atoms with Gasteiger partial charge in [-0.15, -0.1) is 11.8 Å². The van der Waals surface area contributed by atoms with Gasteiger partial charge in [0.25, 0.3) is 0 Å². The quantitative estimate of drug-likeness (QED) is 0.762. The van der Waals surface area contributed by atoms with Gasteiger partial charge in [-0.05, 0) is 49.2 Å². The van der Waals surface area contributed by atoms with Crippen molar-refractivity contribution in [3.63, 3.8) is 0 Å². The van der Waals surface area contributed by atoms with Crippen molar-refractivity contribution in [3.8, 4) is 0 Å². The summed E-state index contributed by atoms with van der Waals surface area (Å²) in [5.41, 5.74) is 2.02. The average molecular weight is 379 g/mol. The number of nitrogens with zero attached hydrogens (tertiary/aromatic N) is 1. The van der Waals surface area contributed by atoms with Crippen LogP contribution < -0.4 is 5.32 Å². The normalized spacial score (nSPS) is 10.7. The van der Waals surface area contributed by atoms with Crippen molar-refractivity contribution < 1.29 is 4.79 Å². The zero-order valence-corrected chi connectivity index (χ0v) is 15.1. The Kier molecular flexibility index (Phi) is 6.49. The van der Waals surface area contributed by atoms with E-state index in [1.165, 1.54) is 5.56 Å². The highest BCUT2D eigenvalue weighted by atomic mass is 79.9. The lowest BCUT2D eigenvalue weighted by Gasteiger charge is -2.16. The molecule has 0 heterocycles. The molecule has 0 saturated heterocycles. The van der Waals surface area contributed by atoms with Gasteiger partial charge in [-0.25, -0.2) is 0 Å². The molecule has 5 heteroatoms. The summed E-state index contributed by atoms with van der Waals surface area (Å²) >= 11 is 5.08. The first-order chi connectivity index (χ1) is 10.6. The fourth-order valence-electron chi connectivity index (χ4n) is 2.10. The maximum atomic E-state index is 12.1. The number of hydrogen-bond acceptors (Lipinski definition) is 3. The summed E-state index contributed by atoms with van der Waals surface area (Å²) in [4.78, 5) is 15.2. The van der Waals surface area contributed by atoms with Gasteiger partial charge >= 0.3 is 0 Å². The molecule has 0 spiro atoms. The fourth-order valence-corrected chi connectivity index (χ4v) is 2.83. The second kappa shape index (κ2) is 8.36. The van der Waals surface area contributed by atoms with Crippen molar-refractivity contribution in [1.29, 1.82) is 0 Å². The fraction of sp³-hybridized carbons (Fsp3) is 0.235. The molecule has 22 heavy (non-hydrogen) atoms. The molecule has 0 atom stereocenters. The number of rotatable bonds is 6. The van der Waals surface area contributed by atoms with E-state index in [1.807, 2.05) is 54.6 Å². The van der Waals surface area contributed by atoms with Crippen LogP contribution in [0.5, 0.6) is 0 Å². The lowest BCUT2D eigenvalue weighted by molar-refractivity contribution is -0.117. The van der Waals surface area contributed by atoms with E-state index in [0.717, 1.165) is 21.6 Å². The molecule has 0 saturated carbocycles. The minimum Gasteiger partial charge on any atom is -0.325 e. The van der Waals surface area contributed by atoms with Crippen LogP contribution in [0.25, 0.3) is 0 Å². The summed E-state index contributed by atoms with van der Waals surface area (Å²) in [6.07, 6.45) is 2.02. The number of thioether (sulfide) groups is 1. The van der Waals surface area contributed by atoms with E-state index >= 15 is 0 Å². The number of carbonyl (C=O) groups excluding carboxylic acids is 1. The highest BCUT2D eigenvalue weighted by Crippen LogP contribution is 2.19. The molecule has 0 aliphatic rings. The Morgan fingerprint density at radius 2 is 1.95 bits per heavy atom. The molecule has 2 aromatic carbocycles. The molecule has 2 rings (SSSR count). The maximum absolute atomic E-state index is 12.1. The SMILES string of the molecule is CSc1cccc(NC(=O)CN(C)Cc2ccc(Br)cc2)c1. The molecule has 0 aromatic heterocycles. The lowest BCUT2D eigenvalue weighted by atomic mass is 10.2. The van der Waals surface area contributed by atoms with Crippen LogP contribution in [0, 0.1) is 0 Å². The molecular weight excluding hydrogens is 360 g/mol. The van der Waals surface area contributed by atoms with Gasteiger partial charge in [0.2, 0.25) is 5.91 Å². The second-order valence-electron chi connectivity index (χ2n) is 5.08. The number of nitrogens with one attached hydrogen (secondary N) is 1.